The van der Waals surface area contributed by atoms with E-state index < -0.39 is 0 Å². The van der Waals surface area contributed by atoms with Crippen LogP contribution in [0.2, 0.25) is 0 Å². The number of methoxy groups -OCH3 is 1. The molecular formula is C12H11NO2S. The van der Waals surface area contributed by atoms with Crippen LogP contribution in [0.25, 0.3) is 0 Å². The molecule has 0 bridgehead atoms. The number of pyridine rings is 1. The zero-order chi connectivity index (χ0) is 11.4. The number of ether oxygens (including phenoxy) is 1. The van der Waals surface area contributed by atoms with E-state index in [1.54, 1.807) is 19.4 Å². The SMILES string of the molecule is COc1csc(C(=O)Cc2ccccn2)c1. The maximum atomic E-state index is 11.9. The zero-order valence-corrected chi connectivity index (χ0v) is 9.66. The average Bonchev–Trinajstić information content (AvgIpc) is 2.79. The van der Waals surface area contributed by atoms with Crippen LogP contribution in [0.5, 0.6) is 5.75 Å². The lowest BCUT2D eigenvalue weighted by Gasteiger charge is -1.97. The van der Waals surface area contributed by atoms with Gasteiger partial charge in [0.15, 0.2) is 5.78 Å². The fourth-order valence-electron chi connectivity index (χ4n) is 1.33. The Hall–Kier alpha value is -1.68. The van der Waals surface area contributed by atoms with Gasteiger partial charge in [-0.1, -0.05) is 6.07 Å². The first-order valence-electron chi connectivity index (χ1n) is 4.85. The first kappa shape index (κ1) is 10.8. The van der Waals surface area contributed by atoms with Crippen molar-refractivity contribution in [2.45, 2.75) is 6.42 Å². The number of carbonyl (C=O) groups is 1. The van der Waals surface area contributed by atoms with Crippen LogP contribution < -0.4 is 4.74 Å². The normalized spacial score (nSPS) is 10.1. The lowest BCUT2D eigenvalue weighted by molar-refractivity contribution is 0.0995. The number of carbonyl (C=O) groups excluding carboxylic acids is 1. The molecule has 0 aliphatic carbocycles. The predicted molar refractivity (Wildman–Crippen MR) is 63.1 cm³/mol. The van der Waals surface area contributed by atoms with Crippen LogP contribution in [0.1, 0.15) is 15.4 Å². The predicted octanol–water partition coefficient (Wildman–Crippen LogP) is 2.58. The lowest BCUT2D eigenvalue weighted by atomic mass is 10.2. The highest BCUT2D eigenvalue weighted by molar-refractivity contribution is 7.12. The molecule has 0 radical (unpaired) electrons. The third-order valence-corrected chi connectivity index (χ3v) is 3.10. The summed E-state index contributed by atoms with van der Waals surface area (Å²) >= 11 is 1.40. The molecule has 0 spiro atoms. The molecular weight excluding hydrogens is 222 g/mol. The molecule has 0 fully saturated rings. The first-order valence-corrected chi connectivity index (χ1v) is 5.73. The van der Waals surface area contributed by atoms with Gasteiger partial charge < -0.3 is 4.74 Å². The molecule has 0 aromatic carbocycles. The number of rotatable bonds is 4. The highest BCUT2D eigenvalue weighted by atomic mass is 32.1. The molecule has 0 aliphatic heterocycles. The van der Waals surface area contributed by atoms with Gasteiger partial charge in [-0.15, -0.1) is 11.3 Å². The highest BCUT2D eigenvalue weighted by Crippen LogP contribution is 2.22. The van der Waals surface area contributed by atoms with Crippen LogP contribution in [0.3, 0.4) is 0 Å². The monoisotopic (exact) mass is 233 g/mol. The van der Waals surface area contributed by atoms with Crippen molar-refractivity contribution in [2.75, 3.05) is 7.11 Å². The number of Topliss-reactive ketones (excluding diaryl/α,β-unsaturated/α-hetero) is 1. The van der Waals surface area contributed by atoms with Crippen molar-refractivity contribution in [3.63, 3.8) is 0 Å². The van der Waals surface area contributed by atoms with Crippen molar-refractivity contribution in [1.29, 1.82) is 0 Å². The van der Waals surface area contributed by atoms with E-state index in [-0.39, 0.29) is 5.78 Å². The van der Waals surface area contributed by atoms with Crippen molar-refractivity contribution in [3.05, 3.63) is 46.4 Å². The summed E-state index contributed by atoms with van der Waals surface area (Å²) in [6.45, 7) is 0. The number of thiophene rings is 1. The quantitative estimate of drug-likeness (QED) is 0.762. The Kier molecular flexibility index (Phi) is 3.31. The second-order valence-electron chi connectivity index (χ2n) is 3.27. The Bertz CT molecular complexity index is 479. The van der Waals surface area contributed by atoms with Crippen LogP contribution >= 0.6 is 11.3 Å². The standard InChI is InChI=1S/C12H11NO2S/c1-15-10-7-12(16-8-10)11(14)6-9-4-2-3-5-13-9/h2-5,7-8H,6H2,1H3. The van der Waals surface area contributed by atoms with Crippen LogP contribution in [0.15, 0.2) is 35.8 Å². The number of hydrogen-bond acceptors (Lipinski definition) is 4. The van der Waals surface area contributed by atoms with Crippen molar-refractivity contribution < 1.29 is 9.53 Å². The summed E-state index contributed by atoms with van der Waals surface area (Å²) in [6, 6.07) is 7.32. The van der Waals surface area contributed by atoms with Crippen LogP contribution in [0, 0.1) is 0 Å². The topological polar surface area (TPSA) is 39.2 Å². The summed E-state index contributed by atoms with van der Waals surface area (Å²) < 4.78 is 5.04. The molecule has 0 unspecified atom stereocenters. The van der Waals surface area contributed by atoms with Gasteiger partial charge in [-0.05, 0) is 12.1 Å². The molecule has 4 heteroatoms. The molecule has 0 amide bonds. The first-order chi connectivity index (χ1) is 7.79. The molecule has 0 saturated heterocycles. The molecule has 82 valence electrons. The van der Waals surface area contributed by atoms with Gasteiger partial charge in [0.25, 0.3) is 0 Å². The summed E-state index contributed by atoms with van der Waals surface area (Å²) in [5.41, 5.74) is 0.792. The maximum Gasteiger partial charge on any atom is 0.178 e. The largest absolute Gasteiger partial charge is 0.496 e. The van der Waals surface area contributed by atoms with E-state index >= 15 is 0 Å². The second-order valence-corrected chi connectivity index (χ2v) is 4.18. The van der Waals surface area contributed by atoms with E-state index in [0.717, 1.165) is 11.4 Å². The van der Waals surface area contributed by atoms with Gasteiger partial charge in [-0.3, -0.25) is 9.78 Å². The van der Waals surface area contributed by atoms with Gasteiger partial charge in [0.05, 0.1) is 18.4 Å². The van der Waals surface area contributed by atoms with E-state index in [0.29, 0.717) is 11.3 Å². The molecule has 3 nitrogen and oxygen atoms in total. The van der Waals surface area contributed by atoms with Crippen LogP contribution in [-0.2, 0) is 6.42 Å². The minimum absolute atomic E-state index is 0.0759. The minimum Gasteiger partial charge on any atom is -0.496 e. The Morgan fingerprint density at radius 2 is 2.38 bits per heavy atom. The van der Waals surface area contributed by atoms with E-state index in [4.69, 9.17) is 4.74 Å². The van der Waals surface area contributed by atoms with Gasteiger partial charge in [0.2, 0.25) is 0 Å². The Morgan fingerprint density at radius 3 is 3.00 bits per heavy atom. The molecule has 0 saturated carbocycles. The lowest BCUT2D eigenvalue weighted by Crippen LogP contribution is -2.02. The molecule has 2 aromatic heterocycles. The molecule has 16 heavy (non-hydrogen) atoms. The minimum atomic E-state index is 0.0759. The van der Waals surface area contributed by atoms with Gasteiger partial charge in [0, 0.05) is 23.3 Å². The maximum absolute atomic E-state index is 11.9. The summed E-state index contributed by atoms with van der Waals surface area (Å²) in [5.74, 6) is 0.807. The Balaban J connectivity index is 2.09. The van der Waals surface area contributed by atoms with Crippen molar-refractivity contribution in [3.8, 4) is 5.75 Å². The second kappa shape index (κ2) is 4.90. The zero-order valence-electron chi connectivity index (χ0n) is 8.84. The third kappa shape index (κ3) is 2.46. The van der Waals surface area contributed by atoms with Crippen molar-refractivity contribution >= 4 is 17.1 Å². The van der Waals surface area contributed by atoms with E-state index in [1.807, 2.05) is 23.6 Å². The Labute approximate surface area is 97.7 Å². The number of aromatic nitrogens is 1. The van der Waals surface area contributed by atoms with Gasteiger partial charge in [-0.2, -0.15) is 0 Å². The fraction of sp³-hybridized carbons (Fsp3) is 0.167. The van der Waals surface area contributed by atoms with Crippen molar-refractivity contribution in [1.82, 2.24) is 4.98 Å². The van der Waals surface area contributed by atoms with Gasteiger partial charge in [-0.25, -0.2) is 0 Å². The van der Waals surface area contributed by atoms with Crippen molar-refractivity contribution in [2.24, 2.45) is 0 Å². The molecule has 0 N–H and O–H groups in total. The molecule has 2 heterocycles. The number of hydrogen-bond donors (Lipinski definition) is 0. The van der Waals surface area contributed by atoms with E-state index in [2.05, 4.69) is 4.98 Å². The molecule has 0 atom stereocenters. The van der Waals surface area contributed by atoms with E-state index in [1.165, 1.54) is 11.3 Å². The third-order valence-electron chi connectivity index (χ3n) is 2.15. The van der Waals surface area contributed by atoms with Gasteiger partial charge >= 0.3 is 0 Å². The molecule has 0 aliphatic rings. The Morgan fingerprint density at radius 1 is 1.50 bits per heavy atom. The molecule has 2 aromatic rings. The summed E-state index contributed by atoms with van der Waals surface area (Å²) in [4.78, 5) is 16.7. The van der Waals surface area contributed by atoms with Crippen LogP contribution in [-0.4, -0.2) is 17.9 Å². The fourth-order valence-corrected chi connectivity index (χ4v) is 2.12. The number of ketones is 1. The summed E-state index contributed by atoms with van der Waals surface area (Å²) in [6.07, 6.45) is 2.03. The number of nitrogens with zero attached hydrogens (tertiary/aromatic N) is 1. The summed E-state index contributed by atoms with van der Waals surface area (Å²) in [7, 11) is 1.59. The molecule has 2 rings (SSSR count). The van der Waals surface area contributed by atoms with Gasteiger partial charge in [0.1, 0.15) is 5.75 Å². The van der Waals surface area contributed by atoms with E-state index in [9.17, 15) is 4.79 Å². The highest BCUT2D eigenvalue weighted by Gasteiger charge is 2.10. The summed E-state index contributed by atoms with van der Waals surface area (Å²) in [5, 5.41) is 1.83. The van der Waals surface area contributed by atoms with Crippen LogP contribution in [0.4, 0.5) is 0 Å². The smallest absolute Gasteiger partial charge is 0.178 e. The average molecular weight is 233 g/mol.